The second-order valence-corrected chi connectivity index (χ2v) is 6.24. The second-order valence-electron chi connectivity index (χ2n) is 6.24. The monoisotopic (exact) mass is 324 g/mol. The van der Waals surface area contributed by atoms with Gasteiger partial charge in [-0.3, -0.25) is 9.98 Å². The molecule has 3 aromatic rings. The Balaban J connectivity index is 1.98. The molecular formula is C18H14F2N4. The first-order valence-electron chi connectivity index (χ1n) is 7.56. The van der Waals surface area contributed by atoms with Crippen molar-refractivity contribution in [2.75, 3.05) is 0 Å². The van der Waals surface area contributed by atoms with E-state index in [0.29, 0.717) is 28.1 Å². The highest BCUT2D eigenvalue weighted by Gasteiger charge is 2.52. The number of fused-ring (bicyclic) bond motifs is 2. The molecule has 2 aromatic heterocycles. The van der Waals surface area contributed by atoms with E-state index in [-0.39, 0.29) is 5.56 Å². The summed E-state index contributed by atoms with van der Waals surface area (Å²) in [6.07, 6.45) is 3.18. The molecule has 3 heterocycles. The number of aromatic nitrogens is 3. The molecular weight excluding hydrogens is 310 g/mol. The van der Waals surface area contributed by atoms with Crippen molar-refractivity contribution >= 4 is 16.9 Å². The number of benzene rings is 1. The van der Waals surface area contributed by atoms with Crippen molar-refractivity contribution in [2.45, 2.75) is 25.3 Å². The van der Waals surface area contributed by atoms with E-state index in [0.717, 1.165) is 0 Å². The van der Waals surface area contributed by atoms with Gasteiger partial charge < -0.3 is 0 Å². The molecule has 0 fully saturated rings. The van der Waals surface area contributed by atoms with Crippen LogP contribution in [0.15, 0.2) is 53.8 Å². The number of pyridine rings is 1. The number of aliphatic imine (C=N–C) groups is 1. The number of hydrogen-bond donors (Lipinski definition) is 0. The predicted molar refractivity (Wildman–Crippen MR) is 87.4 cm³/mol. The Labute approximate surface area is 137 Å². The third-order valence-corrected chi connectivity index (χ3v) is 4.24. The molecule has 4 rings (SSSR count). The maximum Gasteiger partial charge on any atom is 0.297 e. The number of nitrogens with zero attached hydrogens (tertiary/aromatic N) is 4. The summed E-state index contributed by atoms with van der Waals surface area (Å²) < 4.78 is 29.5. The normalized spacial score (nSPS) is 18.1. The predicted octanol–water partition coefficient (Wildman–Crippen LogP) is 3.75. The maximum absolute atomic E-state index is 14.8. The highest BCUT2D eigenvalue weighted by Crippen LogP contribution is 2.46. The lowest BCUT2D eigenvalue weighted by Gasteiger charge is -2.36. The first-order chi connectivity index (χ1) is 11.4. The van der Waals surface area contributed by atoms with Crippen molar-refractivity contribution in [2.24, 2.45) is 4.99 Å². The third-order valence-electron chi connectivity index (χ3n) is 4.24. The molecule has 0 aliphatic carbocycles. The molecule has 4 nitrogen and oxygen atoms in total. The molecule has 1 aromatic carbocycles. The largest absolute Gasteiger partial charge is 0.297 e. The van der Waals surface area contributed by atoms with Crippen LogP contribution in [0.25, 0.3) is 11.2 Å². The van der Waals surface area contributed by atoms with Gasteiger partial charge in [-0.05, 0) is 26.0 Å². The van der Waals surface area contributed by atoms with Gasteiger partial charge in [-0.25, -0.2) is 9.97 Å². The third kappa shape index (κ3) is 2.02. The number of halogens is 2. The summed E-state index contributed by atoms with van der Waals surface area (Å²) in [5, 5.41) is 0. The van der Waals surface area contributed by atoms with Gasteiger partial charge in [0.1, 0.15) is 16.7 Å². The molecule has 0 saturated heterocycles. The smallest absolute Gasteiger partial charge is 0.270 e. The van der Waals surface area contributed by atoms with Crippen LogP contribution < -0.4 is 0 Å². The molecule has 0 spiro atoms. The lowest BCUT2D eigenvalue weighted by molar-refractivity contribution is -0.0682. The minimum absolute atomic E-state index is 0.0390. The topological polar surface area (TPSA) is 51.0 Å². The average Bonchev–Trinajstić information content (AvgIpc) is 2.58. The lowest BCUT2D eigenvalue weighted by atomic mass is 9.82. The molecule has 120 valence electrons. The van der Waals surface area contributed by atoms with Crippen molar-refractivity contribution in [3.8, 4) is 0 Å². The van der Waals surface area contributed by atoms with E-state index in [1.165, 1.54) is 19.9 Å². The van der Waals surface area contributed by atoms with Crippen LogP contribution >= 0.6 is 0 Å². The van der Waals surface area contributed by atoms with Gasteiger partial charge in [-0.15, -0.1) is 0 Å². The summed E-state index contributed by atoms with van der Waals surface area (Å²) in [7, 11) is 0. The molecule has 0 bridgehead atoms. The zero-order chi connectivity index (χ0) is 16.9. The van der Waals surface area contributed by atoms with E-state index < -0.39 is 11.5 Å². The van der Waals surface area contributed by atoms with Crippen LogP contribution in [0.4, 0.5) is 8.78 Å². The molecule has 6 heteroatoms. The van der Waals surface area contributed by atoms with E-state index >= 15 is 0 Å². The minimum atomic E-state index is -3.06. The Morgan fingerprint density at radius 1 is 0.958 bits per heavy atom. The molecule has 0 unspecified atom stereocenters. The summed E-state index contributed by atoms with van der Waals surface area (Å²) in [4.78, 5) is 17.3. The summed E-state index contributed by atoms with van der Waals surface area (Å²) >= 11 is 0. The maximum atomic E-state index is 14.8. The fraction of sp³-hybridized carbons (Fsp3) is 0.222. The average molecular weight is 324 g/mol. The van der Waals surface area contributed by atoms with Crippen LogP contribution in [0.1, 0.15) is 30.7 Å². The van der Waals surface area contributed by atoms with Crippen LogP contribution in [-0.2, 0) is 5.92 Å². The van der Waals surface area contributed by atoms with Crippen LogP contribution in [0.2, 0.25) is 0 Å². The highest BCUT2D eigenvalue weighted by atomic mass is 19.3. The summed E-state index contributed by atoms with van der Waals surface area (Å²) in [6, 6.07) is 9.98. The Bertz CT molecular complexity index is 979. The fourth-order valence-electron chi connectivity index (χ4n) is 2.86. The van der Waals surface area contributed by atoms with Crippen LogP contribution in [-0.4, -0.2) is 26.2 Å². The van der Waals surface area contributed by atoms with Crippen molar-refractivity contribution in [3.05, 3.63) is 65.6 Å². The second kappa shape index (κ2) is 4.87. The van der Waals surface area contributed by atoms with Crippen molar-refractivity contribution in [1.29, 1.82) is 0 Å². The molecule has 0 radical (unpaired) electrons. The van der Waals surface area contributed by atoms with Crippen molar-refractivity contribution in [3.63, 3.8) is 0 Å². The molecule has 1 aliphatic heterocycles. The zero-order valence-corrected chi connectivity index (χ0v) is 13.2. The summed E-state index contributed by atoms with van der Waals surface area (Å²) in [6.45, 7) is 2.85. The quantitative estimate of drug-likeness (QED) is 0.685. The van der Waals surface area contributed by atoms with Gasteiger partial charge in [-0.2, -0.15) is 8.78 Å². The van der Waals surface area contributed by atoms with Gasteiger partial charge >= 0.3 is 0 Å². The number of alkyl halides is 2. The number of hydrogen-bond acceptors (Lipinski definition) is 4. The minimum Gasteiger partial charge on any atom is -0.270 e. The standard InChI is InChI=1S/C18H14F2N4/c1-17(2)18(19,20)12-7-4-3-6-11(12)15(24-17)14-10-22-13-8-5-9-21-16(13)23-14/h3-10H,1-2H3. The SMILES string of the molecule is CC1(C)N=C(c2cnc3cccnc3n2)c2ccccc2C1(F)F. The van der Waals surface area contributed by atoms with E-state index in [1.54, 1.807) is 42.7 Å². The van der Waals surface area contributed by atoms with Crippen LogP contribution in [0, 0.1) is 0 Å². The van der Waals surface area contributed by atoms with Gasteiger partial charge in [0.05, 0.1) is 11.9 Å². The van der Waals surface area contributed by atoms with Gasteiger partial charge in [0.25, 0.3) is 5.92 Å². The highest BCUT2D eigenvalue weighted by molar-refractivity contribution is 6.14. The van der Waals surface area contributed by atoms with Gasteiger partial charge in [-0.1, -0.05) is 24.3 Å². The lowest BCUT2D eigenvalue weighted by Crippen LogP contribution is -2.44. The Morgan fingerprint density at radius 3 is 2.58 bits per heavy atom. The van der Waals surface area contributed by atoms with Gasteiger partial charge in [0.2, 0.25) is 0 Å². The Hall–Kier alpha value is -2.76. The molecule has 0 amide bonds. The first kappa shape index (κ1) is 14.8. The van der Waals surface area contributed by atoms with Crippen LogP contribution in [0.3, 0.4) is 0 Å². The van der Waals surface area contributed by atoms with Gasteiger partial charge in [0.15, 0.2) is 5.65 Å². The van der Waals surface area contributed by atoms with E-state index in [2.05, 4.69) is 19.9 Å². The zero-order valence-electron chi connectivity index (χ0n) is 13.2. The van der Waals surface area contributed by atoms with Crippen molar-refractivity contribution < 1.29 is 8.78 Å². The Morgan fingerprint density at radius 2 is 1.75 bits per heavy atom. The fourth-order valence-corrected chi connectivity index (χ4v) is 2.86. The van der Waals surface area contributed by atoms with Crippen molar-refractivity contribution in [1.82, 2.24) is 15.0 Å². The molecule has 1 aliphatic rings. The molecule has 0 N–H and O–H groups in total. The number of rotatable bonds is 1. The Kier molecular flexibility index (Phi) is 3.00. The van der Waals surface area contributed by atoms with Gasteiger partial charge in [0, 0.05) is 17.3 Å². The molecule has 24 heavy (non-hydrogen) atoms. The van der Waals surface area contributed by atoms with E-state index in [1.807, 2.05) is 0 Å². The van der Waals surface area contributed by atoms with E-state index in [4.69, 9.17) is 0 Å². The first-order valence-corrected chi connectivity index (χ1v) is 7.56. The molecule has 0 saturated carbocycles. The van der Waals surface area contributed by atoms with E-state index in [9.17, 15) is 8.78 Å². The summed E-state index contributed by atoms with van der Waals surface area (Å²) in [5.41, 5.74) is 0.742. The summed E-state index contributed by atoms with van der Waals surface area (Å²) in [5.74, 6) is -3.06. The molecule has 0 atom stereocenters. The van der Waals surface area contributed by atoms with Crippen LogP contribution in [0.5, 0.6) is 0 Å².